The molecule has 0 radical (unpaired) electrons. The fourth-order valence-electron chi connectivity index (χ4n) is 5.93. The normalized spacial score (nSPS) is 24.4. The Labute approximate surface area is 211 Å². The number of likely N-dealkylation sites (tertiary alicyclic amines) is 1. The lowest BCUT2D eigenvalue weighted by atomic mass is 10.0. The molecule has 1 N–H and O–H groups in total. The number of fused-ring (bicyclic) bond motifs is 3. The Kier molecular flexibility index (Phi) is 5.11. The van der Waals surface area contributed by atoms with E-state index in [9.17, 15) is 14.4 Å². The molecular formula is C26H26BrN5O3. The third kappa shape index (κ3) is 3.59. The van der Waals surface area contributed by atoms with Crippen LogP contribution in [0.5, 0.6) is 0 Å². The van der Waals surface area contributed by atoms with Crippen LogP contribution >= 0.6 is 15.9 Å². The number of aromatic nitrogens is 3. The number of Topliss-reactive ketones (excluding diaryl/α,β-unsaturated/α-hetero) is 1. The van der Waals surface area contributed by atoms with Crippen molar-refractivity contribution in [3.63, 3.8) is 0 Å². The van der Waals surface area contributed by atoms with Gasteiger partial charge in [-0.15, -0.1) is 0 Å². The number of amides is 2. The fraction of sp³-hybridized carbons (Fsp3) is 0.423. The van der Waals surface area contributed by atoms with Crippen LogP contribution in [0.4, 0.5) is 5.82 Å². The number of anilines is 1. The van der Waals surface area contributed by atoms with Gasteiger partial charge in [0.15, 0.2) is 5.78 Å². The molecule has 2 aromatic heterocycles. The van der Waals surface area contributed by atoms with E-state index in [0.717, 1.165) is 46.6 Å². The minimum atomic E-state index is -0.553. The molecular weight excluding hydrogens is 510 g/mol. The third-order valence-corrected chi connectivity index (χ3v) is 8.53. The van der Waals surface area contributed by atoms with Gasteiger partial charge >= 0.3 is 0 Å². The maximum Gasteiger partial charge on any atom is 0.248 e. The number of hydrogen-bond acceptors (Lipinski definition) is 5. The van der Waals surface area contributed by atoms with Crippen molar-refractivity contribution in [1.29, 1.82) is 0 Å². The molecule has 9 heteroatoms. The summed E-state index contributed by atoms with van der Waals surface area (Å²) in [5, 5.41) is 8.21. The quantitative estimate of drug-likeness (QED) is 0.499. The number of benzene rings is 1. The van der Waals surface area contributed by atoms with Gasteiger partial charge in [0.05, 0.1) is 5.52 Å². The van der Waals surface area contributed by atoms with E-state index in [4.69, 9.17) is 0 Å². The lowest BCUT2D eigenvalue weighted by molar-refractivity contribution is -0.138. The van der Waals surface area contributed by atoms with Gasteiger partial charge in [0.1, 0.15) is 24.1 Å². The Hall–Kier alpha value is -3.07. The van der Waals surface area contributed by atoms with E-state index in [0.29, 0.717) is 17.9 Å². The van der Waals surface area contributed by atoms with E-state index in [1.165, 1.54) is 12.5 Å². The summed E-state index contributed by atoms with van der Waals surface area (Å²) in [7, 11) is 0. The van der Waals surface area contributed by atoms with Gasteiger partial charge in [-0.1, -0.05) is 25.1 Å². The second-order valence-corrected chi connectivity index (χ2v) is 11.1. The number of carbonyl (C=O) groups is 3. The number of para-hydroxylation sites is 1. The topological polar surface area (TPSA) is 97.2 Å². The molecule has 2 aliphatic carbocycles. The zero-order valence-electron chi connectivity index (χ0n) is 19.7. The van der Waals surface area contributed by atoms with Crippen molar-refractivity contribution in [1.82, 2.24) is 19.7 Å². The molecule has 1 saturated heterocycles. The number of carbonyl (C=O) groups excluding carboxylic acids is 3. The van der Waals surface area contributed by atoms with Crippen LogP contribution in [0.25, 0.3) is 10.9 Å². The van der Waals surface area contributed by atoms with Crippen LogP contribution in [0, 0.1) is 5.41 Å². The predicted octanol–water partition coefficient (Wildman–Crippen LogP) is 3.90. The highest BCUT2D eigenvalue weighted by Gasteiger charge is 2.64. The second-order valence-electron chi connectivity index (χ2n) is 10.2. The van der Waals surface area contributed by atoms with Gasteiger partial charge in [0, 0.05) is 29.0 Å². The molecule has 180 valence electrons. The number of rotatable bonds is 5. The number of nitrogens with zero attached hydrogens (tertiary/aromatic N) is 4. The molecule has 3 heterocycles. The Morgan fingerprint density at radius 1 is 1.17 bits per heavy atom. The summed E-state index contributed by atoms with van der Waals surface area (Å²) < 4.78 is 2.57. The minimum Gasteiger partial charge on any atom is -0.325 e. The maximum atomic E-state index is 13.6. The molecule has 1 aromatic carbocycles. The number of hydrogen-bond donors (Lipinski definition) is 1. The Morgan fingerprint density at radius 2 is 1.94 bits per heavy atom. The zero-order valence-corrected chi connectivity index (χ0v) is 21.3. The first-order valence-electron chi connectivity index (χ1n) is 12.0. The van der Waals surface area contributed by atoms with Gasteiger partial charge in [-0.05, 0) is 70.6 Å². The fourth-order valence-corrected chi connectivity index (χ4v) is 6.47. The number of nitrogens with one attached hydrogen (secondary N) is 1. The molecule has 2 amide bonds. The zero-order chi connectivity index (χ0) is 24.5. The van der Waals surface area contributed by atoms with Crippen LogP contribution in [0.3, 0.4) is 0 Å². The standard InChI is InChI=1S/C26H26BrN5O3/c1-14(33)23-17-6-3-4-9-19(17)31(30-23)13-22(34)32-20(10-26(2)11-21(26)32)25(35)29-24-16-8-5-7-15(16)18(27)12-28-24/h3-4,6,9,12,20-21H,5,7-8,10-11,13H2,1-2H3,(H,28,29,35)/t20-,21?,26-/m0/s1. The molecule has 8 nitrogen and oxygen atoms in total. The van der Waals surface area contributed by atoms with E-state index in [1.807, 2.05) is 24.3 Å². The number of halogens is 1. The third-order valence-electron chi connectivity index (χ3n) is 7.84. The summed E-state index contributed by atoms with van der Waals surface area (Å²) >= 11 is 3.57. The van der Waals surface area contributed by atoms with Crippen molar-refractivity contribution in [2.45, 2.75) is 64.6 Å². The lowest BCUT2D eigenvalue weighted by Gasteiger charge is -2.27. The van der Waals surface area contributed by atoms with Crippen molar-refractivity contribution in [2.24, 2.45) is 5.41 Å². The van der Waals surface area contributed by atoms with Crippen LogP contribution in [0.15, 0.2) is 34.9 Å². The van der Waals surface area contributed by atoms with Crippen LogP contribution in [0.1, 0.15) is 54.7 Å². The molecule has 35 heavy (non-hydrogen) atoms. The summed E-state index contributed by atoms with van der Waals surface area (Å²) in [5.74, 6) is 0.113. The smallest absolute Gasteiger partial charge is 0.248 e. The van der Waals surface area contributed by atoms with E-state index in [-0.39, 0.29) is 35.6 Å². The highest BCUT2D eigenvalue weighted by Crippen LogP contribution is 2.59. The second kappa shape index (κ2) is 7.98. The molecule has 2 fully saturated rings. The maximum absolute atomic E-state index is 13.6. The summed E-state index contributed by atoms with van der Waals surface area (Å²) in [6.07, 6.45) is 6.16. The van der Waals surface area contributed by atoms with Crippen LogP contribution in [0.2, 0.25) is 0 Å². The van der Waals surface area contributed by atoms with Gasteiger partial charge in [0.2, 0.25) is 11.8 Å². The lowest BCUT2D eigenvalue weighted by Crippen LogP contribution is -2.47. The number of pyridine rings is 1. The van der Waals surface area contributed by atoms with Crippen molar-refractivity contribution in [3.05, 3.63) is 51.8 Å². The molecule has 6 rings (SSSR count). The molecule has 1 aliphatic heterocycles. The van der Waals surface area contributed by atoms with Crippen molar-refractivity contribution >= 4 is 50.2 Å². The molecule has 3 aromatic rings. The first-order chi connectivity index (χ1) is 16.8. The average Bonchev–Trinajstić information content (AvgIpc) is 3.22. The highest BCUT2D eigenvalue weighted by molar-refractivity contribution is 9.10. The number of piperidine rings is 1. The first kappa shape index (κ1) is 22.4. The predicted molar refractivity (Wildman–Crippen MR) is 134 cm³/mol. The van der Waals surface area contributed by atoms with Crippen molar-refractivity contribution in [2.75, 3.05) is 5.32 Å². The van der Waals surface area contributed by atoms with Gasteiger partial charge in [-0.25, -0.2) is 4.98 Å². The van der Waals surface area contributed by atoms with Crippen molar-refractivity contribution < 1.29 is 14.4 Å². The SMILES string of the molecule is CC(=O)c1nn(CC(=O)N2C3C[C@]3(C)C[C@H]2C(=O)Nc2ncc(Br)c3c2CCC3)c2ccccc12. The van der Waals surface area contributed by atoms with E-state index in [1.54, 1.807) is 15.8 Å². The van der Waals surface area contributed by atoms with Gasteiger partial charge in [-0.2, -0.15) is 5.10 Å². The molecule has 3 atom stereocenters. The van der Waals surface area contributed by atoms with E-state index >= 15 is 0 Å². The van der Waals surface area contributed by atoms with Crippen molar-refractivity contribution in [3.8, 4) is 0 Å². The first-order valence-corrected chi connectivity index (χ1v) is 12.8. The minimum absolute atomic E-state index is 0.0178. The van der Waals surface area contributed by atoms with Crippen LogP contribution < -0.4 is 5.32 Å². The Morgan fingerprint density at radius 3 is 2.74 bits per heavy atom. The Balaban J connectivity index is 1.27. The van der Waals surface area contributed by atoms with Gasteiger partial charge in [-0.3, -0.25) is 19.1 Å². The summed E-state index contributed by atoms with van der Waals surface area (Å²) in [5.41, 5.74) is 3.34. The van der Waals surface area contributed by atoms with Crippen LogP contribution in [-0.2, 0) is 29.0 Å². The van der Waals surface area contributed by atoms with Gasteiger partial charge < -0.3 is 10.2 Å². The van der Waals surface area contributed by atoms with E-state index in [2.05, 4.69) is 38.3 Å². The highest BCUT2D eigenvalue weighted by atomic mass is 79.9. The van der Waals surface area contributed by atoms with Crippen LogP contribution in [-0.4, -0.2) is 49.3 Å². The molecule has 1 unspecified atom stereocenters. The summed E-state index contributed by atoms with van der Waals surface area (Å²) in [4.78, 5) is 45.4. The van der Waals surface area contributed by atoms with E-state index < -0.39 is 6.04 Å². The molecule has 0 bridgehead atoms. The Bertz CT molecular complexity index is 1420. The summed E-state index contributed by atoms with van der Waals surface area (Å²) in [6, 6.07) is 6.91. The largest absolute Gasteiger partial charge is 0.325 e. The molecule has 1 saturated carbocycles. The average molecular weight is 536 g/mol. The molecule has 0 spiro atoms. The summed E-state index contributed by atoms with van der Waals surface area (Å²) in [6.45, 7) is 3.60. The molecule has 3 aliphatic rings. The monoisotopic (exact) mass is 535 g/mol. The van der Waals surface area contributed by atoms with Gasteiger partial charge in [0.25, 0.3) is 0 Å². The number of ketones is 1.